The number of hydrogen-bond donors (Lipinski definition) is 4. The monoisotopic (exact) mass is 237 g/mol. The number of nitrogens with two attached hydrogens (primary N) is 2. The van der Waals surface area contributed by atoms with Gasteiger partial charge in [0.2, 0.25) is 0 Å². The lowest BCUT2D eigenvalue weighted by molar-refractivity contribution is 0.261. The van der Waals surface area contributed by atoms with E-state index in [1.807, 2.05) is 0 Å². The van der Waals surface area contributed by atoms with E-state index in [1.165, 1.54) is 12.7 Å². The molecule has 0 radical (unpaired) electrons. The Morgan fingerprint density at radius 2 is 2.29 bits per heavy atom. The molecule has 6 N–H and O–H groups in total. The van der Waals surface area contributed by atoms with E-state index in [9.17, 15) is 0 Å². The maximum absolute atomic E-state index is 5.72. The lowest BCUT2D eigenvalue weighted by Gasteiger charge is -2.30. The smallest absolute Gasteiger partial charge is 0.156 e. The molecule has 1 saturated heterocycles. The summed E-state index contributed by atoms with van der Waals surface area (Å²) in [5.74, 6) is 6.45. The van der Waals surface area contributed by atoms with Crippen molar-refractivity contribution in [3.8, 4) is 0 Å². The maximum Gasteiger partial charge on any atom is 0.156 e. The SMILES string of the molecule is CN1CCCC(Nc2ncnc(N)c2NN)C1. The summed E-state index contributed by atoms with van der Waals surface area (Å²) in [4.78, 5) is 10.4. The summed E-state index contributed by atoms with van der Waals surface area (Å²) in [6.07, 6.45) is 3.74. The van der Waals surface area contributed by atoms with Crippen LogP contribution in [0.25, 0.3) is 0 Å². The van der Waals surface area contributed by atoms with Gasteiger partial charge in [-0.05, 0) is 26.4 Å². The van der Waals surface area contributed by atoms with E-state index in [0.717, 1.165) is 19.5 Å². The highest BCUT2D eigenvalue weighted by molar-refractivity contribution is 5.74. The summed E-state index contributed by atoms with van der Waals surface area (Å²) in [5.41, 5.74) is 8.82. The van der Waals surface area contributed by atoms with Crippen LogP contribution in [0, 0.1) is 0 Å². The fraction of sp³-hybridized carbons (Fsp3) is 0.600. The molecule has 1 aliphatic rings. The first kappa shape index (κ1) is 11.9. The van der Waals surface area contributed by atoms with Crippen LogP contribution in [0.5, 0.6) is 0 Å². The van der Waals surface area contributed by atoms with Crippen molar-refractivity contribution in [2.45, 2.75) is 18.9 Å². The summed E-state index contributed by atoms with van der Waals surface area (Å²) in [6.45, 7) is 2.14. The molecular formula is C10H19N7. The number of hydrogen-bond acceptors (Lipinski definition) is 7. The van der Waals surface area contributed by atoms with Gasteiger partial charge in [-0.25, -0.2) is 9.97 Å². The van der Waals surface area contributed by atoms with Crippen molar-refractivity contribution in [3.05, 3.63) is 6.33 Å². The normalized spacial score (nSPS) is 21.2. The Kier molecular flexibility index (Phi) is 3.60. The van der Waals surface area contributed by atoms with Gasteiger partial charge >= 0.3 is 0 Å². The Morgan fingerprint density at radius 1 is 1.47 bits per heavy atom. The van der Waals surface area contributed by atoms with E-state index < -0.39 is 0 Å². The Labute approximate surface area is 101 Å². The number of rotatable bonds is 3. The lowest BCUT2D eigenvalue weighted by atomic mass is 10.1. The van der Waals surface area contributed by atoms with Crippen LogP contribution in [-0.2, 0) is 0 Å². The predicted molar refractivity (Wildman–Crippen MR) is 68.4 cm³/mol. The molecule has 0 aliphatic carbocycles. The molecule has 7 nitrogen and oxygen atoms in total. The second kappa shape index (κ2) is 5.15. The highest BCUT2D eigenvalue weighted by Crippen LogP contribution is 2.24. The number of piperidine rings is 1. The zero-order chi connectivity index (χ0) is 12.3. The number of hydrazine groups is 1. The Hall–Kier alpha value is -1.60. The molecule has 0 saturated carbocycles. The molecule has 2 heterocycles. The van der Waals surface area contributed by atoms with Crippen molar-refractivity contribution in [1.29, 1.82) is 0 Å². The Morgan fingerprint density at radius 3 is 3.00 bits per heavy atom. The molecule has 1 aliphatic heterocycles. The molecule has 17 heavy (non-hydrogen) atoms. The van der Waals surface area contributed by atoms with E-state index in [0.29, 0.717) is 23.4 Å². The minimum absolute atomic E-state index is 0.356. The average Bonchev–Trinajstić information content (AvgIpc) is 2.29. The van der Waals surface area contributed by atoms with Gasteiger partial charge in [0.15, 0.2) is 11.6 Å². The van der Waals surface area contributed by atoms with Crippen molar-refractivity contribution < 1.29 is 0 Å². The molecule has 1 unspecified atom stereocenters. The molecule has 0 bridgehead atoms. The molecule has 0 aromatic carbocycles. The van der Waals surface area contributed by atoms with Gasteiger partial charge in [0.1, 0.15) is 12.0 Å². The number of nitrogens with one attached hydrogen (secondary N) is 2. The van der Waals surface area contributed by atoms with Crippen LogP contribution >= 0.6 is 0 Å². The van der Waals surface area contributed by atoms with Gasteiger partial charge in [-0.15, -0.1) is 0 Å². The van der Waals surface area contributed by atoms with E-state index in [4.69, 9.17) is 11.6 Å². The van der Waals surface area contributed by atoms with E-state index in [1.54, 1.807) is 0 Å². The highest BCUT2D eigenvalue weighted by atomic mass is 15.3. The second-order valence-electron chi connectivity index (χ2n) is 4.37. The van der Waals surface area contributed by atoms with Crippen LogP contribution in [-0.4, -0.2) is 41.0 Å². The third kappa shape index (κ3) is 2.75. The van der Waals surface area contributed by atoms with Gasteiger partial charge < -0.3 is 21.4 Å². The third-order valence-electron chi connectivity index (χ3n) is 2.99. The van der Waals surface area contributed by atoms with Crippen molar-refractivity contribution in [1.82, 2.24) is 14.9 Å². The number of likely N-dealkylation sites (tertiary alicyclic amines) is 1. The van der Waals surface area contributed by atoms with Gasteiger partial charge in [-0.3, -0.25) is 5.84 Å². The van der Waals surface area contributed by atoms with Crippen LogP contribution in [0.4, 0.5) is 17.3 Å². The molecule has 1 fully saturated rings. The predicted octanol–water partition coefficient (Wildman–Crippen LogP) is -0.149. The largest absolute Gasteiger partial charge is 0.382 e. The van der Waals surface area contributed by atoms with Crippen molar-refractivity contribution in [3.63, 3.8) is 0 Å². The number of nitrogen functional groups attached to an aromatic ring is 2. The zero-order valence-electron chi connectivity index (χ0n) is 9.98. The molecule has 1 aromatic rings. The highest BCUT2D eigenvalue weighted by Gasteiger charge is 2.19. The van der Waals surface area contributed by atoms with Crippen molar-refractivity contribution >= 4 is 17.3 Å². The third-order valence-corrected chi connectivity index (χ3v) is 2.99. The molecule has 1 aromatic heterocycles. The summed E-state index contributed by atoms with van der Waals surface area (Å²) in [6, 6.07) is 0.371. The van der Waals surface area contributed by atoms with Gasteiger partial charge in [0, 0.05) is 12.6 Å². The minimum atomic E-state index is 0.356. The quantitative estimate of drug-likeness (QED) is 0.428. The van der Waals surface area contributed by atoms with Crippen molar-refractivity contribution in [2.24, 2.45) is 5.84 Å². The van der Waals surface area contributed by atoms with Gasteiger partial charge in [-0.2, -0.15) is 0 Å². The fourth-order valence-electron chi connectivity index (χ4n) is 2.13. The van der Waals surface area contributed by atoms with E-state index >= 15 is 0 Å². The van der Waals surface area contributed by atoms with Gasteiger partial charge in [0.25, 0.3) is 0 Å². The summed E-state index contributed by atoms with van der Waals surface area (Å²) in [7, 11) is 2.12. The second-order valence-corrected chi connectivity index (χ2v) is 4.37. The molecule has 0 amide bonds. The molecule has 2 rings (SSSR count). The standard InChI is InChI=1S/C10H19N7/c1-17-4-2-3-7(5-17)15-10-8(16-12)9(11)13-6-14-10/h6-7,16H,2-5,12H2,1H3,(H3,11,13,14,15). The summed E-state index contributed by atoms with van der Waals surface area (Å²) in [5, 5.41) is 3.36. The Bertz CT molecular complexity index is 381. The molecular weight excluding hydrogens is 218 g/mol. The fourth-order valence-corrected chi connectivity index (χ4v) is 2.13. The minimum Gasteiger partial charge on any atom is -0.382 e. The lowest BCUT2D eigenvalue weighted by Crippen LogP contribution is -2.40. The Balaban J connectivity index is 2.10. The number of likely N-dealkylation sites (N-methyl/N-ethyl adjacent to an activating group) is 1. The van der Waals surface area contributed by atoms with Crippen LogP contribution in [0.3, 0.4) is 0 Å². The van der Waals surface area contributed by atoms with E-state index in [2.05, 4.69) is 32.7 Å². The topological polar surface area (TPSA) is 105 Å². The molecule has 0 spiro atoms. The summed E-state index contributed by atoms with van der Waals surface area (Å²) < 4.78 is 0. The number of anilines is 3. The maximum atomic E-state index is 5.72. The number of aromatic nitrogens is 2. The van der Waals surface area contributed by atoms with Gasteiger partial charge in [0.05, 0.1) is 0 Å². The van der Waals surface area contributed by atoms with Gasteiger partial charge in [-0.1, -0.05) is 0 Å². The molecule has 1 atom stereocenters. The number of nitrogens with zero attached hydrogens (tertiary/aromatic N) is 3. The van der Waals surface area contributed by atoms with Crippen LogP contribution in [0.1, 0.15) is 12.8 Å². The van der Waals surface area contributed by atoms with Crippen molar-refractivity contribution in [2.75, 3.05) is 36.6 Å². The first-order chi connectivity index (χ1) is 8.20. The van der Waals surface area contributed by atoms with Crippen LogP contribution in [0.2, 0.25) is 0 Å². The first-order valence-electron chi connectivity index (χ1n) is 5.73. The zero-order valence-corrected chi connectivity index (χ0v) is 9.98. The molecule has 94 valence electrons. The van der Waals surface area contributed by atoms with Crippen LogP contribution in [0.15, 0.2) is 6.33 Å². The molecule has 7 heteroatoms. The first-order valence-corrected chi connectivity index (χ1v) is 5.73. The van der Waals surface area contributed by atoms with Crippen LogP contribution < -0.4 is 22.3 Å². The van der Waals surface area contributed by atoms with E-state index in [-0.39, 0.29) is 0 Å². The summed E-state index contributed by atoms with van der Waals surface area (Å²) >= 11 is 0. The average molecular weight is 237 g/mol.